The molecule has 0 unspecified atom stereocenters. The minimum atomic E-state index is -0.192. The molecule has 6 heteroatoms. The van der Waals surface area contributed by atoms with Gasteiger partial charge in [0.15, 0.2) is 0 Å². The highest BCUT2D eigenvalue weighted by atomic mass is 32.2. The minimum absolute atomic E-state index is 0.192. The molecule has 0 atom stereocenters. The summed E-state index contributed by atoms with van der Waals surface area (Å²) in [6.45, 7) is 2.86. The number of nitriles is 1. The van der Waals surface area contributed by atoms with E-state index in [1.807, 2.05) is 42.7 Å². The monoisotopic (exact) mass is 378 g/mol. The van der Waals surface area contributed by atoms with E-state index in [2.05, 4.69) is 20.9 Å². The SMILES string of the molecule is CSc1nc2ccccc2c(N2CCN(c3ccccc3F)CC2)c1C#N. The first-order valence-corrected chi connectivity index (χ1v) is 10.1. The lowest BCUT2D eigenvalue weighted by atomic mass is 10.1. The topological polar surface area (TPSA) is 43.2 Å². The molecule has 136 valence electrons. The van der Waals surface area contributed by atoms with Gasteiger partial charge in [-0.05, 0) is 24.5 Å². The normalized spacial score (nSPS) is 14.4. The zero-order valence-electron chi connectivity index (χ0n) is 15.0. The van der Waals surface area contributed by atoms with Gasteiger partial charge in [0, 0.05) is 31.6 Å². The highest BCUT2D eigenvalue weighted by molar-refractivity contribution is 7.98. The molecule has 0 N–H and O–H groups in total. The van der Waals surface area contributed by atoms with Crippen molar-refractivity contribution >= 4 is 34.0 Å². The fourth-order valence-electron chi connectivity index (χ4n) is 3.63. The average molecular weight is 378 g/mol. The van der Waals surface area contributed by atoms with Crippen LogP contribution >= 0.6 is 11.8 Å². The van der Waals surface area contributed by atoms with Gasteiger partial charge >= 0.3 is 0 Å². The quantitative estimate of drug-likeness (QED) is 0.636. The molecular formula is C21H19FN4S. The number of halogens is 1. The highest BCUT2D eigenvalue weighted by Gasteiger charge is 2.24. The number of hydrogen-bond donors (Lipinski definition) is 0. The van der Waals surface area contributed by atoms with Gasteiger partial charge in [-0.15, -0.1) is 11.8 Å². The van der Waals surface area contributed by atoms with Crippen LogP contribution in [0.2, 0.25) is 0 Å². The fourth-order valence-corrected chi connectivity index (χ4v) is 4.16. The molecule has 27 heavy (non-hydrogen) atoms. The Morgan fingerprint density at radius 1 is 1.00 bits per heavy atom. The molecule has 0 saturated carbocycles. The first-order chi connectivity index (χ1) is 13.2. The first-order valence-electron chi connectivity index (χ1n) is 8.84. The van der Waals surface area contributed by atoms with Gasteiger partial charge in [-0.25, -0.2) is 9.37 Å². The summed E-state index contributed by atoms with van der Waals surface area (Å²) in [7, 11) is 0. The standard InChI is InChI=1S/C21H19FN4S/c1-27-21-16(14-23)20(15-6-2-4-8-18(15)24-21)26-12-10-25(11-13-26)19-9-5-3-7-17(19)22/h2-9H,10-13H2,1H3. The van der Waals surface area contributed by atoms with Crippen LogP contribution in [0.5, 0.6) is 0 Å². The number of para-hydroxylation sites is 2. The van der Waals surface area contributed by atoms with Crippen LogP contribution in [-0.4, -0.2) is 37.4 Å². The Morgan fingerprint density at radius 3 is 2.37 bits per heavy atom. The zero-order chi connectivity index (χ0) is 18.8. The van der Waals surface area contributed by atoms with E-state index >= 15 is 0 Å². The minimum Gasteiger partial charge on any atom is -0.366 e. The molecule has 0 spiro atoms. The Bertz CT molecular complexity index is 1020. The van der Waals surface area contributed by atoms with Gasteiger partial charge in [-0.1, -0.05) is 30.3 Å². The second-order valence-electron chi connectivity index (χ2n) is 6.40. The Balaban J connectivity index is 1.70. The van der Waals surface area contributed by atoms with Crippen LogP contribution in [0, 0.1) is 17.1 Å². The summed E-state index contributed by atoms with van der Waals surface area (Å²) in [5.74, 6) is -0.192. The lowest BCUT2D eigenvalue weighted by Gasteiger charge is -2.38. The number of nitrogens with zero attached hydrogens (tertiary/aromatic N) is 4. The molecule has 1 saturated heterocycles. The molecule has 4 nitrogen and oxygen atoms in total. The fraction of sp³-hybridized carbons (Fsp3) is 0.238. The van der Waals surface area contributed by atoms with E-state index < -0.39 is 0 Å². The van der Waals surface area contributed by atoms with Gasteiger partial charge in [0.2, 0.25) is 0 Å². The molecule has 1 fully saturated rings. The Hall–Kier alpha value is -2.78. The van der Waals surface area contributed by atoms with E-state index in [1.54, 1.807) is 6.07 Å². The molecule has 0 bridgehead atoms. The van der Waals surface area contributed by atoms with Crippen molar-refractivity contribution in [3.05, 3.63) is 59.9 Å². The van der Waals surface area contributed by atoms with Gasteiger partial charge in [0.05, 0.1) is 16.9 Å². The Morgan fingerprint density at radius 2 is 1.67 bits per heavy atom. The Kier molecular flexibility index (Phi) is 4.87. The number of aromatic nitrogens is 1. The second kappa shape index (κ2) is 7.45. The molecule has 2 aromatic carbocycles. The summed E-state index contributed by atoms with van der Waals surface area (Å²) < 4.78 is 14.1. The number of fused-ring (bicyclic) bond motifs is 1. The van der Waals surface area contributed by atoms with E-state index in [0.717, 1.165) is 34.7 Å². The summed E-state index contributed by atoms with van der Waals surface area (Å²) in [4.78, 5) is 8.95. The van der Waals surface area contributed by atoms with Crippen LogP contribution in [0.1, 0.15) is 5.56 Å². The third kappa shape index (κ3) is 3.19. The van der Waals surface area contributed by atoms with Crippen LogP contribution in [-0.2, 0) is 0 Å². The highest BCUT2D eigenvalue weighted by Crippen LogP contribution is 2.35. The number of benzene rings is 2. The number of rotatable bonds is 3. The van der Waals surface area contributed by atoms with Crippen molar-refractivity contribution in [3.8, 4) is 6.07 Å². The summed E-state index contributed by atoms with van der Waals surface area (Å²) >= 11 is 1.49. The molecule has 1 aliphatic rings. The first kappa shape index (κ1) is 17.6. The second-order valence-corrected chi connectivity index (χ2v) is 7.19. The van der Waals surface area contributed by atoms with Crippen molar-refractivity contribution in [2.45, 2.75) is 5.03 Å². The number of thioether (sulfide) groups is 1. The number of piperazine rings is 1. The van der Waals surface area contributed by atoms with Crippen LogP contribution in [0.3, 0.4) is 0 Å². The Labute approximate surface area is 162 Å². The summed E-state index contributed by atoms with van der Waals surface area (Å²) in [6, 6.07) is 17.2. The van der Waals surface area contributed by atoms with E-state index in [-0.39, 0.29) is 5.82 Å². The van der Waals surface area contributed by atoms with E-state index in [1.165, 1.54) is 17.8 Å². The molecule has 2 heterocycles. The molecule has 1 aliphatic heterocycles. The van der Waals surface area contributed by atoms with Gasteiger partial charge in [-0.2, -0.15) is 5.26 Å². The third-order valence-corrected chi connectivity index (χ3v) is 5.61. The van der Waals surface area contributed by atoms with Crippen LogP contribution in [0.25, 0.3) is 10.9 Å². The predicted octanol–water partition coefficient (Wildman–Crippen LogP) is 4.29. The van der Waals surface area contributed by atoms with E-state index in [9.17, 15) is 9.65 Å². The van der Waals surface area contributed by atoms with Gasteiger partial charge in [0.25, 0.3) is 0 Å². The van der Waals surface area contributed by atoms with Crippen molar-refractivity contribution in [2.75, 3.05) is 42.2 Å². The van der Waals surface area contributed by atoms with Crippen molar-refractivity contribution in [1.29, 1.82) is 5.26 Å². The lowest BCUT2D eigenvalue weighted by molar-refractivity contribution is 0.598. The van der Waals surface area contributed by atoms with E-state index in [4.69, 9.17) is 0 Å². The average Bonchev–Trinajstić information content (AvgIpc) is 2.72. The third-order valence-electron chi connectivity index (χ3n) is 4.93. The molecular weight excluding hydrogens is 359 g/mol. The summed E-state index contributed by atoms with van der Waals surface area (Å²) in [5, 5.41) is 11.5. The smallest absolute Gasteiger partial charge is 0.146 e. The molecule has 4 rings (SSSR count). The van der Waals surface area contributed by atoms with Crippen molar-refractivity contribution < 1.29 is 4.39 Å². The molecule has 0 amide bonds. The van der Waals surface area contributed by atoms with Crippen LogP contribution in [0.4, 0.5) is 15.8 Å². The number of pyridine rings is 1. The van der Waals surface area contributed by atoms with E-state index in [0.29, 0.717) is 24.3 Å². The maximum absolute atomic E-state index is 14.1. The van der Waals surface area contributed by atoms with Gasteiger partial charge in [-0.3, -0.25) is 0 Å². The molecule has 1 aromatic heterocycles. The lowest BCUT2D eigenvalue weighted by Crippen LogP contribution is -2.47. The largest absolute Gasteiger partial charge is 0.366 e. The van der Waals surface area contributed by atoms with Gasteiger partial charge < -0.3 is 9.80 Å². The van der Waals surface area contributed by atoms with Crippen LogP contribution < -0.4 is 9.80 Å². The van der Waals surface area contributed by atoms with Crippen molar-refractivity contribution in [2.24, 2.45) is 0 Å². The summed E-state index contributed by atoms with van der Waals surface area (Å²) in [6.07, 6.45) is 1.94. The predicted molar refractivity (Wildman–Crippen MR) is 109 cm³/mol. The number of anilines is 2. The molecule has 0 aliphatic carbocycles. The molecule has 3 aromatic rings. The van der Waals surface area contributed by atoms with Crippen molar-refractivity contribution in [3.63, 3.8) is 0 Å². The maximum Gasteiger partial charge on any atom is 0.146 e. The molecule has 0 radical (unpaired) electrons. The zero-order valence-corrected chi connectivity index (χ0v) is 15.8. The maximum atomic E-state index is 14.1. The number of hydrogen-bond acceptors (Lipinski definition) is 5. The van der Waals surface area contributed by atoms with Crippen molar-refractivity contribution in [1.82, 2.24) is 4.98 Å². The van der Waals surface area contributed by atoms with Crippen LogP contribution in [0.15, 0.2) is 53.6 Å². The van der Waals surface area contributed by atoms with Gasteiger partial charge in [0.1, 0.15) is 22.5 Å². The summed E-state index contributed by atoms with van der Waals surface area (Å²) in [5.41, 5.74) is 3.11.